The maximum absolute atomic E-state index is 13.6. The number of ether oxygens (including phenoxy) is 2. The number of nitrogens with zero attached hydrogens (tertiary/aromatic N) is 1. The van der Waals surface area contributed by atoms with E-state index in [0.29, 0.717) is 21.6 Å². The molecule has 0 bridgehead atoms. The third kappa shape index (κ3) is 4.37. The minimum atomic E-state index is -0.671. The summed E-state index contributed by atoms with van der Waals surface area (Å²) in [7, 11) is 1.22. The van der Waals surface area contributed by atoms with Crippen LogP contribution < -0.4 is 10.1 Å². The molecule has 0 aliphatic heterocycles. The Kier molecular flexibility index (Phi) is 5.75. The topological polar surface area (TPSA) is 77.5 Å². The molecule has 0 saturated carbocycles. The number of benzene rings is 2. The average Bonchev–Trinajstić information content (AvgIpc) is 2.68. The standard InChI is InChI=1S/C20H16ClFN2O4/c1-11-3-4-12(21)7-16(11)24-19(25)10-28-18-9-17(20(26)27-2)23-15-6-5-13(22)8-14(15)18/h3-9H,10H2,1-2H3,(H,24,25). The fraction of sp³-hybridized carbons (Fsp3) is 0.150. The number of pyridine rings is 1. The van der Waals surface area contributed by atoms with Gasteiger partial charge in [0.05, 0.1) is 12.6 Å². The predicted molar refractivity (Wildman–Crippen MR) is 103 cm³/mol. The Hall–Kier alpha value is -3.19. The van der Waals surface area contributed by atoms with Gasteiger partial charge in [0.2, 0.25) is 0 Å². The van der Waals surface area contributed by atoms with Crippen molar-refractivity contribution < 1.29 is 23.5 Å². The van der Waals surface area contributed by atoms with E-state index in [1.54, 1.807) is 18.2 Å². The molecule has 8 heteroatoms. The second-order valence-corrected chi connectivity index (χ2v) is 6.39. The normalized spacial score (nSPS) is 10.6. The van der Waals surface area contributed by atoms with E-state index in [9.17, 15) is 14.0 Å². The number of hydrogen-bond donors (Lipinski definition) is 1. The first-order valence-electron chi connectivity index (χ1n) is 8.25. The van der Waals surface area contributed by atoms with Crippen molar-refractivity contribution in [2.75, 3.05) is 19.0 Å². The lowest BCUT2D eigenvalue weighted by Crippen LogP contribution is -2.21. The Morgan fingerprint density at radius 2 is 1.96 bits per heavy atom. The van der Waals surface area contributed by atoms with E-state index in [1.165, 1.54) is 31.4 Å². The number of hydrogen-bond acceptors (Lipinski definition) is 5. The molecule has 144 valence electrons. The highest BCUT2D eigenvalue weighted by Crippen LogP contribution is 2.27. The Morgan fingerprint density at radius 1 is 1.18 bits per heavy atom. The van der Waals surface area contributed by atoms with E-state index in [0.717, 1.165) is 5.56 Å². The number of aryl methyl sites for hydroxylation is 1. The number of carbonyl (C=O) groups is 2. The first-order chi connectivity index (χ1) is 13.4. The Balaban J connectivity index is 1.84. The van der Waals surface area contributed by atoms with Gasteiger partial charge in [0.25, 0.3) is 5.91 Å². The first kappa shape index (κ1) is 19.6. The summed E-state index contributed by atoms with van der Waals surface area (Å²) in [6.45, 7) is 1.47. The molecule has 0 fully saturated rings. The molecule has 0 saturated heterocycles. The van der Waals surface area contributed by atoms with Crippen LogP contribution in [0.4, 0.5) is 10.1 Å². The molecule has 0 aliphatic carbocycles. The van der Waals surface area contributed by atoms with Crippen molar-refractivity contribution in [3.8, 4) is 5.75 Å². The quantitative estimate of drug-likeness (QED) is 0.649. The summed E-state index contributed by atoms with van der Waals surface area (Å²) in [6.07, 6.45) is 0. The molecule has 0 aliphatic rings. The molecule has 3 aromatic rings. The van der Waals surface area contributed by atoms with Gasteiger partial charge in [-0.05, 0) is 42.8 Å². The van der Waals surface area contributed by atoms with Crippen LogP contribution in [0.3, 0.4) is 0 Å². The number of methoxy groups -OCH3 is 1. The molecule has 0 spiro atoms. The van der Waals surface area contributed by atoms with Crippen molar-refractivity contribution in [1.82, 2.24) is 4.98 Å². The van der Waals surface area contributed by atoms with Gasteiger partial charge in [-0.25, -0.2) is 14.2 Å². The molecule has 1 N–H and O–H groups in total. The Bertz CT molecular complexity index is 1070. The minimum absolute atomic E-state index is 0.0114. The molecule has 1 aromatic heterocycles. The third-order valence-electron chi connectivity index (χ3n) is 3.96. The van der Waals surface area contributed by atoms with Crippen LogP contribution in [-0.4, -0.2) is 30.6 Å². The highest BCUT2D eigenvalue weighted by atomic mass is 35.5. The predicted octanol–water partition coefficient (Wildman–Crippen LogP) is 4.14. The number of nitrogens with one attached hydrogen (secondary N) is 1. The molecule has 0 radical (unpaired) electrons. The zero-order valence-corrected chi connectivity index (χ0v) is 15.8. The van der Waals surface area contributed by atoms with Gasteiger partial charge in [-0.1, -0.05) is 17.7 Å². The maximum atomic E-state index is 13.6. The van der Waals surface area contributed by atoms with E-state index < -0.39 is 17.7 Å². The lowest BCUT2D eigenvalue weighted by Gasteiger charge is -2.12. The van der Waals surface area contributed by atoms with Crippen LogP contribution in [0.5, 0.6) is 5.75 Å². The molecule has 28 heavy (non-hydrogen) atoms. The van der Waals surface area contributed by atoms with Crippen molar-refractivity contribution in [2.45, 2.75) is 6.92 Å². The molecular formula is C20H16ClFN2O4. The molecule has 0 unspecified atom stereocenters. The number of esters is 1. The molecule has 3 rings (SSSR count). The summed E-state index contributed by atoms with van der Waals surface area (Å²) in [4.78, 5) is 28.2. The summed E-state index contributed by atoms with van der Waals surface area (Å²) in [5.74, 6) is -1.46. The first-order valence-corrected chi connectivity index (χ1v) is 8.62. The lowest BCUT2D eigenvalue weighted by atomic mass is 10.1. The van der Waals surface area contributed by atoms with Gasteiger partial charge in [-0.2, -0.15) is 0 Å². The highest BCUT2D eigenvalue weighted by Gasteiger charge is 2.15. The highest BCUT2D eigenvalue weighted by molar-refractivity contribution is 6.31. The number of carbonyl (C=O) groups excluding carboxylic acids is 2. The van der Waals surface area contributed by atoms with Crippen LogP contribution in [0.15, 0.2) is 42.5 Å². The van der Waals surface area contributed by atoms with Crippen LogP contribution >= 0.6 is 11.6 Å². The number of aromatic nitrogens is 1. The van der Waals surface area contributed by atoms with E-state index in [-0.39, 0.29) is 18.1 Å². The smallest absolute Gasteiger partial charge is 0.356 e. The van der Waals surface area contributed by atoms with Gasteiger partial charge in [0.15, 0.2) is 12.3 Å². The van der Waals surface area contributed by atoms with E-state index in [4.69, 9.17) is 16.3 Å². The lowest BCUT2D eigenvalue weighted by molar-refractivity contribution is -0.118. The zero-order valence-electron chi connectivity index (χ0n) is 15.1. The van der Waals surface area contributed by atoms with Crippen LogP contribution in [-0.2, 0) is 9.53 Å². The molecule has 2 aromatic carbocycles. The summed E-state index contributed by atoms with van der Waals surface area (Å²) in [5.41, 5.74) is 1.72. The second-order valence-electron chi connectivity index (χ2n) is 5.95. The van der Waals surface area contributed by atoms with Gasteiger partial charge in [0.1, 0.15) is 11.6 Å². The zero-order chi connectivity index (χ0) is 20.3. The van der Waals surface area contributed by atoms with Gasteiger partial charge in [-0.15, -0.1) is 0 Å². The number of fused-ring (bicyclic) bond motifs is 1. The van der Waals surface area contributed by atoms with Gasteiger partial charge in [-0.3, -0.25) is 4.79 Å². The summed E-state index contributed by atoms with van der Waals surface area (Å²) >= 11 is 5.95. The molecule has 1 heterocycles. The maximum Gasteiger partial charge on any atom is 0.356 e. The summed E-state index contributed by atoms with van der Waals surface area (Å²) in [5, 5.41) is 3.52. The third-order valence-corrected chi connectivity index (χ3v) is 4.19. The number of halogens is 2. The van der Waals surface area contributed by atoms with Crippen molar-refractivity contribution in [1.29, 1.82) is 0 Å². The SMILES string of the molecule is COC(=O)c1cc(OCC(=O)Nc2cc(Cl)ccc2C)c2cc(F)ccc2n1. The van der Waals surface area contributed by atoms with Crippen molar-refractivity contribution in [3.05, 3.63) is 64.6 Å². The van der Waals surface area contributed by atoms with Crippen molar-refractivity contribution in [3.63, 3.8) is 0 Å². The molecule has 0 atom stereocenters. The molecule has 1 amide bonds. The van der Waals surface area contributed by atoms with Gasteiger partial charge >= 0.3 is 5.97 Å². The fourth-order valence-electron chi connectivity index (χ4n) is 2.55. The van der Waals surface area contributed by atoms with Crippen LogP contribution in [0.2, 0.25) is 5.02 Å². The fourth-order valence-corrected chi connectivity index (χ4v) is 2.73. The average molecular weight is 403 g/mol. The summed E-state index contributed by atoms with van der Waals surface area (Å²) < 4.78 is 23.9. The molecular weight excluding hydrogens is 387 g/mol. The minimum Gasteiger partial charge on any atom is -0.483 e. The Morgan fingerprint density at radius 3 is 2.71 bits per heavy atom. The monoisotopic (exact) mass is 402 g/mol. The van der Waals surface area contributed by atoms with E-state index in [1.807, 2.05) is 6.92 Å². The largest absolute Gasteiger partial charge is 0.483 e. The van der Waals surface area contributed by atoms with Crippen LogP contribution in [0, 0.1) is 12.7 Å². The summed E-state index contributed by atoms with van der Waals surface area (Å²) in [6, 6.07) is 10.3. The number of rotatable bonds is 5. The van der Waals surface area contributed by atoms with Crippen molar-refractivity contribution >= 4 is 40.1 Å². The van der Waals surface area contributed by atoms with Gasteiger partial charge in [0, 0.05) is 22.2 Å². The number of amides is 1. The van der Waals surface area contributed by atoms with Gasteiger partial charge < -0.3 is 14.8 Å². The van der Waals surface area contributed by atoms with Crippen LogP contribution in [0.1, 0.15) is 16.1 Å². The van der Waals surface area contributed by atoms with Crippen LogP contribution in [0.25, 0.3) is 10.9 Å². The molecule has 6 nitrogen and oxygen atoms in total. The van der Waals surface area contributed by atoms with Crippen molar-refractivity contribution in [2.24, 2.45) is 0 Å². The Labute approximate surface area is 165 Å². The van der Waals surface area contributed by atoms with E-state index in [2.05, 4.69) is 15.0 Å². The second kappa shape index (κ2) is 8.22. The van der Waals surface area contributed by atoms with E-state index >= 15 is 0 Å². The number of anilines is 1.